The average molecular weight is 1630 g/mol. The summed E-state index contributed by atoms with van der Waals surface area (Å²) in [4.78, 5) is 23.8. The minimum atomic E-state index is 0.0458. The largest absolute Gasteiger partial charge is 0.354 e. The molecule has 0 amide bonds. The van der Waals surface area contributed by atoms with Crippen LogP contribution in [0.4, 0.5) is 0 Å². The lowest BCUT2D eigenvalue weighted by atomic mass is 9.87. The third-order valence-electron chi connectivity index (χ3n) is 25.0. The lowest BCUT2D eigenvalue weighted by molar-refractivity contribution is 0.590. The van der Waals surface area contributed by atoms with Crippen molar-refractivity contribution in [2.75, 3.05) is 0 Å². The Bertz CT molecular complexity index is 8370. The molecule has 0 unspecified atom stereocenters. The number of fused-ring (bicyclic) bond motifs is 20. The van der Waals surface area contributed by atoms with Crippen LogP contribution in [0.15, 0.2) is 400 Å². The van der Waals surface area contributed by atoms with Crippen LogP contribution in [-0.4, -0.2) is 38.6 Å². The molecule has 0 fully saturated rings. The molecule has 0 saturated heterocycles. The van der Waals surface area contributed by atoms with Crippen molar-refractivity contribution in [3.05, 3.63) is 417 Å². The van der Waals surface area contributed by atoms with Crippen LogP contribution < -0.4 is 0 Å². The smallest absolute Gasteiger partial charge is 0.235 e. The minimum absolute atomic E-state index is 0.0458. The van der Waals surface area contributed by atoms with E-state index in [9.17, 15) is 0 Å². The number of aromatic amines is 1. The lowest BCUT2D eigenvalue weighted by Gasteiger charge is -2.19. The quantitative estimate of drug-likeness (QED) is 0.146. The SMILES string of the molecule is CC(C)(C)c1ccc(-n2c3ccccc3c3ccc4[nH]c5c6ccccc6ccc5c4c32)cc1.CC(C)(C)c1ccc(-n2c3ccccc3c3ccc4c(c5ccc6ccccc6c5n4-c4nc(-c5cccc(-c6ccccc6)c5)cc(-c5ccc6ccccc6c5)n4)c32)cc1.Clc1nc(-c2cccc(-c3ccccc3)c2)cc(-c2ccc3ccccc3c2)n1. The molecular weight excluding hydrogens is 1540 g/mol. The summed E-state index contributed by atoms with van der Waals surface area (Å²) in [7, 11) is 0. The molecule has 8 nitrogen and oxygen atoms in total. The van der Waals surface area contributed by atoms with Crippen LogP contribution >= 0.6 is 11.6 Å². The number of nitrogens with one attached hydrogen (secondary N) is 1. The highest BCUT2D eigenvalue weighted by Gasteiger charge is 2.27. The highest BCUT2D eigenvalue weighted by molar-refractivity contribution is 6.31. The third-order valence-corrected chi connectivity index (χ3v) is 25.1. The minimum Gasteiger partial charge on any atom is -0.354 e. The van der Waals surface area contributed by atoms with E-state index in [2.05, 4.69) is 428 Å². The molecule has 6 aromatic heterocycles. The summed E-state index contributed by atoms with van der Waals surface area (Å²) in [5, 5.41) is 19.7. The van der Waals surface area contributed by atoms with Crippen molar-refractivity contribution in [1.82, 2.24) is 38.6 Å². The Morgan fingerprint density at radius 3 is 1.14 bits per heavy atom. The topological polar surface area (TPSA) is 82.1 Å². The van der Waals surface area contributed by atoms with E-state index >= 15 is 0 Å². The first-order chi connectivity index (χ1) is 61.1. The van der Waals surface area contributed by atoms with Crippen LogP contribution in [-0.2, 0) is 10.8 Å². The van der Waals surface area contributed by atoms with Gasteiger partial charge in [-0.2, -0.15) is 0 Å². The number of H-pyrrole nitrogens is 1. The fourth-order valence-electron chi connectivity index (χ4n) is 18.7. The molecule has 24 rings (SSSR count). The number of halogens is 1. The van der Waals surface area contributed by atoms with Gasteiger partial charge < -0.3 is 14.1 Å². The Morgan fingerprint density at radius 1 is 0.240 bits per heavy atom. The molecule has 0 atom stereocenters. The van der Waals surface area contributed by atoms with Crippen molar-refractivity contribution in [3.8, 4) is 84.6 Å². The first-order valence-corrected chi connectivity index (χ1v) is 43.2. The van der Waals surface area contributed by atoms with Crippen molar-refractivity contribution in [2.45, 2.75) is 52.4 Å². The summed E-state index contributed by atoms with van der Waals surface area (Å²) in [6.07, 6.45) is 0. The van der Waals surface area contributed by atoms with Gasteiger partial charge in [0.1, 0.15) is 0 Å². The molecule has 6 heterocycles. The predicted molar refractivity (Wildman–Crippen MR) is 528 cm³/mol. The molecular formula is C116H85ClN8. The van der Waals surface area contributed by atoms with Crippen molar-refractivity contribution in [1.29, 1.82) is 0 Å². The van der Waals surface area contributed by atoms with Gasteiger partial charge in [0.15, 0.2) is 0 Å². The average Bonchev–Trinajstić information content (AvgIpc) is 1.53. The molecule has 0 saturated carbocycles. The van der Waals surface area contributed by atoms with Crippen LogP contribution in [0.2, 0.25) is 5.28 Å². The van der Waals surface area contributed by atoms with Crippen LogP contribution in [0.1, 0.15) is 52.7 Å². The Kier molecular flexibility index (Phi) is 18.6. The van der Waals surface area contributed by atoms with Gasteiger partial charge in [0, 0.05) is 93.0 Å². The molecule has 0 aliphatic heterocycles. The van der Waals surface area contributed by atoms with Crippen molar-refractivity contribution < 1.29 is 0 Å². The molecule has 18 aromatic carbocycles. The van der Waals surface area contributed by atoms with Crippen molar-refractivity contribution in [3.63, 3.8) is 0 Å². The summed E-state index contributed by atoms with van der Waals surface area (Å²) >= 11 is 6.30. The summed E-state index contributed by atoms with van der Waals surface area (Å²) in [6, 6.07) is 143. The maximum Gasteiger partial charge on any atom is 0.235 e. The second kappa shape index (κ2) is 30.7. The van der Waals surface area contributed by atoms with E-state index in [0.29, 0.717) is 5.95 Å². The maximum atomic E-state index is 6.30. The van der Waals surface area contributed by atoms with Gasteiger partial charge in [-0.3, -0.25) is 4.57 Å². The fraction of sp³-hybridized carbons (Fsp3) is 0.0690. The maximum absolute atomic E-state index is 6.30. The van der Waals surface area contributed by atoms with E-state index in [4.69, 9.17) is 21.6 Å². The zero-order valence-corrected chi connectivity index (χ0v) is 70.9. The number of benzene rings is 18. The Labute approximate surface area is 729 Å². The van der Waals surface area contributed by atoms with E-state index in [1.165, 1.54) is 136 Å². The Hall–Kier alpha value is -15.4. The van der Waals surface area contributed by atoms with Gasteiger partial charge in [0.05, 0.1) is 61.4 Å². The number of rotatable bonds is 9. The summed E-state index contributed by atoms with van der Waals surface area (Å²) in [5.74, 6) is 0.628. The van der Waals surface area contributed by atoms with Crippen LogP contribution in [0.25, 0.3) is 215 Å². The molecule has 0 spiro atoms. The number of aromatic nitrogens is 8. The molecule has 1 N–H and O–H groups in total. The lowest BCUT2D eigenvalue weighted by Crippen LogP contribution is -2.10. The van der Waals surface area contributed by atoms with E-state index in [1.807, 2.05) is 42.5 Å². The molecule has 9 heteroatoms. The molecule has 24 aromatic rings. The number of para-hydroxylation sites is 2. The molecule has 0 bridgehead atoms. The van der Waals surface area contributed by atoms with Crippen LogP contribution in [0.3, 0.4) is 0 Å². The molecule has 0 aliphatic rings. The number of nitrogens with zero attached hydrogens (tertiary/aromatic N) is 7. The van der Waals surface area contributed by atoms with E-state index in [-0.39, 0.29) is 16.1 Å². The first-order valence-electron chi connectivity index (χ1n) is 42.8. The van der Waals surface area contributed by atoms with Gasteiger partial charge in [-0.15, -0.1) is 0 Å². The molecule has 596 valence electrons. The van der Waals surface area contributed by atoms with Gasteiger partial charge in [0.25, 0.3) is 0 Å². The second-order valence-corrected chi connectivity index (χ2v) is 35.1. The third kappa shape index (κ3) is 13.7. The molecule has 125 heavy (non-hydrogen) atoms. The zero-order chi connectivity index (χ0) is 84.2. The highest BCUT2D eigenvalue weighted by Crippen LogP contribution is 2.47. The van der Waals surface area contributed by atoms with Crippen LogP contribution in [0.5, 0.6) is 0 Å². The summed E-state index contributed by atoms with van der Waals surface area (Å²) in [5.41, 5.74) is 26.6. The summed E-state index contributed by atoms with van der Waals surface area (Å²) < 4.78 is 7.24. The van der Waals surface area contributed by atoms with Gasteiger partial charge in [-0.1, -0.05) is 357 Å². The summed E-state index contributed by atoms with van der Waals surface area (Å²) in [6.45, 7) is 13.6. The molecule has 0 radical (unpaired) electrons. The Balaban J connectivity index is 0.000000123. The number of hydrogen-bond donors (Lipinski definition) is 1. The van der Waals surface area contributed by atoms with Gasteiger partial charge in [-0.05, 0) is 173 Å². The Morgan fingerprint density at radius 2 is 0.624 bits per heavy atom. The van der Waals surface area contributed by atoms with E-state index in [1.54, 1.807) is 0 Å². The van der Waals surface area contributed by atoms with Crippen molar-refractivity contribution >= 4 is 142 Å². The van der Waals surface area contributed by atoms with Crippen LogP contribution in [0, 0.1) is 0 Å². The van der Waals surface area contributed by atoms with E-state index in [0.717, 1.165) is 83.6 Å². The second-order valence-electron chi connectivity index (χ2n) is 34.8. The van der Waals surface area contributed by atoms with Gasteiger partial charge in [0.2, 0.25) is 11.2 Å². The first kappa shape index (κ1) is 75.8. The number of hydrogen-bond acceptors (Lipinski definition) is 4. The molecule has 0 aliphatic carbocycles. The normalized spacial score (nSPS) is 12.0. The standard InChI is InChI=1S/C58H42N4.C32H26N2.C26H17ClN2/c1-58(2,3)44-27-29-45(30-28-44)61-52-23-12-11-22-47(52)48-32-33-53-54(56(48)61)49-31-26-39-17-9-10-21-46(39)55(49)62(53)57-59-50(42-20-13-19-41(34-42)37-14-5-4-6-15-37)36-51(60-57)43-25-24-38-16-7-8-18-40(38)35-43;1-32(2,3)21-13-15-22(16-14-21)34-28-11-7-6-10-24(28)25-18-19-27-29(31(25)34)26-17-12-20-8-4-5-9-23(20)30(26)33-27;27-26-28-24(22-12-6-11-21(15-22)18-7-2-1-3-8-18)17-25(29-26)23-14-13-19-9-4-5-10-20(19)16-23/h4-36H,1-3H3;4-19,33H,1-3H3;1-17H. The van der Waals surface area contributed by atoms with E-state index < -0.39 is 0 Å². The zero-order valence-electron chi connectivity index (χ0n) is 70.1. The van der Waals surface area contributed by atoms with Gasteiger partial charge >= 0.3 is 0 Å². The van der Waals surface area contributed by atoms with Gasteiger partial charge in [-0.25, -0.2) is 19.9 Å². The van der Waals surface area contributed by atoms with Crippen molar-refractivity contribution in [2.24, 2.45) is 0 Å². The monoisotopic (exact) mass is 1620 g/mol. The fourth-order valence-corrected chi connectivity index (χ4v) is 18.9. The predicted octanol–water partition coefficient (Wildman–Crippen LogP) is 31.4. The highest BCUT2D eigenvalue weighted by atomic mass is 35.5.